The van der Waals surface area contributed by atoms with E-state index in [0.29, 0.717) is 16.0 Å². The van der Waals surface area contributed by atoms with Gasteiger partial charge in [-0.15, -0.1) is 0 Å². The second-order valence-corrected chi connectivity index (χ2v) is 4.19. The Labute approximate surface area is 107 Å². The molecular weight excluding hydrogens is 287 g/mol. The van der Waals surface area contributed by atoms with Crippen molar-refractivity contribution in [3.8, 4) is 11.5 Å². The molecule has 88 valence electrons. The van der Waals surface area contributed by atoms with Gasteiger partial charge >= 0.3 is 0 Å². The van der Waals surface area contributed by atoms with Gasteiger partial charge in [-0.2, -0.15) is 0 Å². The zero-order valence-electron chi connectivity index (χ0n) is 9.08. The summed E-state index contributed by atoms with van der Waals surface area (Å²) >= 11 is 3.30. The number of nitrogens with zero attached hydrogens (tertiary/aromatic N) is 1. The zero-order valence-corrected chi connectivity index (χ0v) is 10.7. The first-order valence-electron chi connectivity index (χ1n) is 4.95. The lowest BCUT2D eigenvalue weighted by Crippen LogP contribution is -1.92. The maximum atomic E-state index is 13.1. The molecule has 0 atom stereocenters. The third kappa shape index (κ3) is 2.94. The normalized spacial score (nSPS) is 10.1. The molecule has 1 aromatic carbocycles. The van der Waals surface area contributed by atoms with Gasteiger partial charge in [-0.1, -0.05) is 0 Å². The number of hydrogen-bond acceptors (Lipinski definition) is 3. The summed E-state index contributed by atoms with van der Waals surface area (Å²) in [5.41, 5.74) is 0.829. The number of ether oxygens (including phenoxy) is 1. The Bertz CT molecular complexity index is 534. The summed E-state index contributed by atoms with van der Waals surface area (Å²) in [4.78, 5) is 4.01. The quantitative estimate of drug-likeness (QED) is 0.935. The number of halogens is 2. The summed E-state index contributed by atoms with van der Waals surface area (Å²) in [6.07, 6.45) is 3.24. The number of hydrogen-bond donors (Lipinski definition) is 1. The zero-order chi connectivity index (χ0) is 12.3. The van der Waals surface area contributed by atoms with Crippen LogP contribution in [0.25, 0.3) is 0 Å². The lowest BCUT2D eigenvalue weighted by Gasteiger charge is -2.08. The average Bonchev–Trinajstić information content (AvgIpc) is 2.34. The minimum absolute atomic E-state index is 0.346. The Morgan fingerprint density at radius 3 is 2.88 bits per heavy atom. The molecule has 2 rings (SSSR count). The number of rotatable bonds is 3. The van der Waals surface area contributed by atoms with Crippen LogP contribution in [0.2, 0.25) is 0 Å². The highest BCUT2D eigenvalue weighted by atomic mass is 79.9. The minimum Gasteiger partial charge on any atom is -0.454 e. The fourth-order valence-electron chi connectivity index (χ4n) is 1.29. The van der Waals surface area contributed by atoms with E-state index in [9.17, 15) is 4.39 Å². The molecule has 0 radical (unpaired) electrons. The molecule has 0 saturated carbocycles. The van der Waals surface area contributed by atoms with Crippen molar-refractivity contribution in [3.63, 3.8) is 0 Å². The van der Waals surface area contributed by atoms with Gasteiger partial charge in [-0.25, -0.2) is 4.39 Å². The van der Waals surface area contributed by atoms with Gasteiger partial charge < -0.3 is 10.1 Å². The molecule has 1 N–H and O–H groups in total. The summed E-state index contributed by atoms with van der Waals surface area (Å²) in [6, 6.07) is 6.06. The second-order valence-electron chi connectivity index (χ2n) is 3.34. The van der Waals surface area contributed by atoms with Crippen LogP contribution in [0, 0.1) is 5.82 Å². The Hall–Kier alpha value is -1.62. The Morgan fingerprint density at radius 1 is 1.29 bits per heavy atom. The summed E-state index contributed by atoms with van der Waals surface area (Å²) < 4.78 is 19.3. The van der Waals surface area contributed by atoms with Gasteiger partial charge in [0.05, 0.1) is 22.6 Å². The molecule has 0 aliphatic rings. The predicted molar refractivity (Wildman–Crippen MR) is 68.0 cm³/mol. The van der Waals surface area contributed by atoms with E-state index < -0.39 is 0 Å². The van der Waals surface area contributed by atoms with Gasteiger partial charge in [0, 0.05) is 19.2 Å². The van der Waals surface area contributed by atoms with Crippen molar-refractivity contribution < 1.29 is 9.13 Å². The van der Waals surface area contributed by atoms with Crippen LogP contribution in [0.5, 0.6) is 11.5 Å². The first-order chi connectivity index (χ1) is 8.19. The van der Waals surface area contributed by atoms with E-state index in [1.807, 2.05) is 0 Å². The highest BCUT2D eigenvalue weighted by Crippen LogP contribution is 2.30. The molecule has 0 amide bonds. The Kier molecular flexibility index (Phi) is 3.58. The van der Waals surface area contributed by atoms with Crippen LogP contribution in [0.1, 0.15) is 0 Å². The minimum atomic E-state index is -0.346. The number of anilines is 1. The first-order valence-corrected chi connectivity index (χ1v) is 5.74. The molecule has 0 aliphatic heterocycles. The average molecular weight is 297 g/mol. The van der Waals surface area contributed by atoms with Crippen LogP contribution in [-0.4, -0.2) is 12.0 Å². The monoisotopic (exact) mass is 296 g/mol. The smallest absolute Gasteiger partial charge is 0.147 e. The van der Waals surface area contributed by atoms with Gasteiger partial charge in [-0.05, 0) is 28.1 Å². The van der Waals surface area contributed by atoms with Gasteiger partial charge in [0.1, 0.15) is 17.3 Å². The SMILES string of the molecule is CNc1cncc(Oc2cc(F)ccc2Br)c1. The molecule has 0 bridgehead atoms. The molecule has 0 fully saturated rings. The lowest BCUT2D eigenvalue weighted by molar-refractivity contribution is 0.471. The van der Waals surface area contributed by atoms with Crippen LogP contribution < -0.4 is 10.1 Å². The fourth-order valence-corrected chi connectivity index (χ4v) is 1.62. The topological polar surface area (TPSA) is 34.2 Å². The van der Waals surface area contributed by atoms with E-state index in [-0.39, 0.29) is 5.82 Å². The van der Waals surface area contributed by atoms with E-state index in [1.165, 1.54) is 12.1 Å². The molecule has 0 saturated heterocycles. The van der Waals surface area contributed by atoms with Crippen molar-refractivity contribution in [2.24, 2.45) is 0 Å². The number of pyridine rings is 1. The van der Waals surface area contributed by atoms with Gasteiger partial charge in [-0.3, -0.25) is 4.98 Å². The summed E-state index contributed by atoms with van der Waals surface area (Å²) in [6.45, 7) is 0. The Balaban J connectivity index is 2.27. The summed E-state index contributed by atoms with van der Waals surface area (Å²) in [5.74, 6) is 0.615. The molecule has 1 heterocycles. The number of benzene rings is 1. The third-order valence-electron chi connectivity index (χ3n) is 2.12. The van der Waals surface area contributed by atoms with Crippen molar-refractivity contribution >= 4 is 21.6 Å². The molecule has 17 heavy (non-hydrogen) atoms. The first kappa shape index (κ1) is 11.9. The van der Waals surface area contributed by atoms with Crippen LogP contribution in [0.15, 0.2) is 41.1 Å². The number of nitrogens with one attached hydrogen (secondary N) is 1. The van der Waals surface area contributed by atoms with Crippen molar-refractivity contribution in [2.45, 2.75) is 0 Å². The van der Waals surface area contributed by atoms with Gasteiger partial charge in [0.25, 0.3) is 0 Å². The van der Waals surface area contributed by atoms with Crippen LogP contribution in [-0.2, 0) is 0 Å². The third-order valence-corrected chi connectivity index (χ3v) is 2.78. The maximum absolute atomic E-state index is 13.1. The second kappa shape index (κ2) is 5.14. The van der Waals surface area contributed by atoms with Crippen molar-refractivity contribution in [3.05, 3.63) is 46.9 Å². The van der Waals surface area contributed by atoms with E-state index >= 15 is 0 Å². The highest BCUT2D eigenvalue weighted by molar-refractivity contribution is 9.10. The van der Waals surface area contributed by atoms with E-state index in [4.69, 9.17) is 4.74 Å². The van der Waals surface area contributed by atoms with Crippen LogP contribution in [0.4, 0.5) is 10.1 Å². The van der Waals surface area contributed by atoms with Gasteiger partial charge in [0.2, 0.25) is 0 Å². The lowest BCUT2D eigenvalue weighted by atomic mass is 10.3. The van der Waals surface area contributed by atoms with Crippen LogP contribution in [0.3, 0.4) is 0 Å². The number of aromatic nitrogens is 1. The van der Waals surface area contributed by atoms with E-state index in [1.54, 1.807) is 31.6 Å². The molecule has 0 unspecified atom stereocenters. The van der Waals surface area contributed by atoms with E-state index in [2.05, 4.69) is 26.2 Å². The standard InChI is InChI=1S/C12H10BrFN2O/c1-15-9-5-10(7-16-6-9)17-12-4-8(14)2-3-11(12)13/h2-7,15H,1H3. The van der Waals surface area contributed by atoms with E-state index in [0.717, 1.165) is 5.69 Å². The molecule has 1 aromatic heterocycles. The molecule has 5 heteroatoms. The van der Waals surface area contributed by atoms with Crippen LogP contribution >= 0.6 is 15.9 Å². The summed E-state index contributed by atoms with van der Waals surface area (Å²) in [7, 11) is 1.79. The molecule has 2 aromatic rings. The molecule has 0 aliphatic carbocycles. The predicted octanol–water partition coefficient (Wildman–Crippen LogP) is 3.82. The van der Waals surface area contributed by atoms with Crippen molar-refractivity contribution in [2.75, 3.05) is 12.4 Å². The maximum Gasteiger partial charge on any atom is 0.147 e. The molecular formula is C12H10BrFN2O. The van der Waals surface area contributed by atoms with Crippen molar-refractivity contribution in [1.82, 2.24) is 4.98 Å². The van der Waals surface area contributed by atoms with Gasteiger partial charge in [0.15, 0.2) is 0 Å². The molecule has 0 spiro atoms. The Morgan fingerprint density at radius 2 is 2.12 bits per heavy atom. The van der Waals surface area contributed by atoms with Crippen molar-refractivity contribution in [1.29, 1.82) is 0 Å². The molecule has 3 nitrogen and oxygen atoms in total. The highest BCUT2D eigenvalue weighted by Gasteiger charge is 2.05. The fraction of sp³-hybridized carbons (Fsp3) is 0.0833. The summed E-state index contributed by atoms with van der Waals surface area (Å²) in [5, 5.41) is 2.95. The largest absolute Gasteiger partial charge is 0.454 e.